The fraction of sp³-hybridized carbons (Fsp3) is 0.333. The molecule has 0 fully saturated rings. The quantitative estimate of drug-likeness (QED) is 0.794. The van der Waals surface area contributed by atoms with Crippen LogP contribution in [0.4, 0.5) is 5.69 Å². The molecule has 0 aliphatic heterocycles. The van der Waals surface area contributed by atoms with Crippen molar-refractivity contribution in [1.82, 2.24) is 10.2 Å². The molecular weight excluding hydrogens is 288 g/mol. The monoisotopic (exact) mass is 308 g/mol. The third kappa shape index (κ3) is 4.31. The van der Waals surface area contributed by atoms with Crippen LogP contribution in [0.5, 0.6) is 0 Å². The average molecular weight is 309 g/mol. The third-order valence-corrected chi connectivity index (χ3v) is 3.52. The highest BCUT2D eigenvalue weighted by Crippen LogP contribution is 2.19. The van der Waals surface area contributed by atoms with E-state index in [0.717, 1.165) is 23.4 Å². The Balaban J connectivity index is 0.00000220. The number of aromatic nitrogens is 2. The molecule has 4 N–H and O–H groups in total. The van der Waals surface area contributed by atoms with Gasteiger partial charge in [-0.3, -0.25) is 9.89 Å². The molecule has 1 aromatic heterocycles. The van der Waals surface area contributed by atoms with Crippen LogP contribution < -0.4 is 11.1 Å². The van der Waals surface area contributed by atoms with Crippen molar-refractivity contribution < 1.29 is 4.79 Å². The lowest BCUT2D eigenvalue weighted by molar-refractivity contribution is -0.118. The third-order valence-electron chi connectivity index (χ3n) is 3.52. The Bertz CT molecular complexity index is 554. The molecule has 1 aromatic carbocycles. The minimum atomic E-state index is -0.479. The zero-order valence-electron chi connectivity index (χ0n) is 12.2. The second kappa shape index (κ2) is 7.81. The summed E-state index contributed by atoms with van der Waals surface area (Å²) >= 11 is 0. The number of amides is 1. The van der Waals surface area contributed by atoms with Crippen LogP contribution in [0, 0.1) is 5.92 Å². The summed E-state index contributed by atoms with van der Waals surface area (Å²) in [5, 5.41) is 9.65. The first-order chi connectivity index (χ1) is 9.61. The molecule has 21 heavy (non-hydrogen) atoms. The highest BCUT2D eigenvalue weighted by molar-refractivity contribution is 5.95. The van der Waals surface area contributed by atoms with Gasteiger partial charge in [0.05, 0.1) is 11.7 Å². The Labute approximate surface area is 130 Å². The van der Waals surface area contributed by atoms with Gasteiger partial charge >= 0.3 is 0 Å². The largest absolute Gasteiger partial charge is 0.325 e. The maximum absolute atomic E-state index is 12.0. The molecule has 0 aliphatic carbocycles. The number of nitrogens with one attached hydrogen (secondary N) is 2. The Morgan fingerprint density at radius 2 is 2.00 bits per heavy atom. The van der Waals surface area contributed by atoms with E-state index in [9.17, 15) is 4.79 Å². The van der Waals surface area contributed by atoms with Crippen molar-refractivity contribution >= 4 is 24.0 Å². The Hall–Kier alpha value is -1.85. The minimum Gasteiger partial charge on any atom is -0.325 e. The second-order valence-electron chi connectivity index (χ2n) is 4.95. The first kappa shape index (κ1) is 17.2. The number of aromatic amines is 1. The lowest BCUT2D eigenvalue weighted by atomic mass is 9.99. The number of anilines is 1. The van der Waals surface area contributed by atoms with Gasteiger partial charge in [0.15, 0.2) is 0 Å². The van der Waals surface area contributed by atoms with Crippen molar-refractivity contribution in [3.63, 3.8) is 0 Å². The lowest BCUT2D eigenvalue weighted by Crippen LogP contribution is -2.40. The number of nitrogens with zero attached hydrogens (tertiary/aromatic N) is 1. The van der Waals surface area contributed by atoms with Crippen LogP contribution in [0.2, 0.25) is 0 Å². The second-order valence-corrected chi connectivity index (χ2v) is 4.95. The normalized spacial score (nSPS) is 13.1. The lowest BCUT2D eigenvalue weighted by Gasteiger charge is -2.17. The summed E-state index contributed by atoms with van der Waals surface area (Å²) in [7, 11) is 0. The van der Waals surface area contributed by atoms with Crippen molar-refractivity contribution in [1.29, 1.82) is 0 Å². The molecule has 2 rings (SSSR count). The molecule has 2 atom stereocenters. The van der Waals surface area contributed by atoms with E-state index in [-0.39, 0.29) is 24.2 Å². The number of nitrogens with two attached hydrogens (primary N) is 1. The summed E-state index contributed by atoms with van der Waals surface area (Å²) < 4.78 is 0. The van der Waals surface area contributed by atoms with Crippen molar-refractivity contribution in [2.24, 2.45) is 11.7 Å². The number of hydrogen-bond acceptors (Lipinski definition) is 3. The van der Waals surface area contributed by atoms with Crippen LogP contribution >= 0.6 is 12.4 Å². The highest BCUT2D eigenvalue weighted by atomic mass is 35.5. The Kier molecular flexibility index (Phi) is 6.39. The van der Waals surface area contributed by atoms with E-state index in [1.54, 1.807) is 6.20 Å². The Morgan fingerprint density at radius 1 is 1.33 bits per heavy atom. The van der Waals surface area contributed by atoms with E-state index in [0.29, 0.717) is 0 Å². The van der Waals surface area contributed by atoms with Gasteiger partial charge in [-0.25, -0.2) is 0 Å². The van der Waals surface area contributed by atoms with Crippen LogP contribution in [0.1, 0.15) is 20.3 Å². The van der Waals surface area contributed by atoms with Crippen molar-refractivity contribution in [2.45, 2.75) is 26.3 Å². The topological polar surface area (TPSA) is 83.8 Å². The molecule has 0 radical (unpaired) electrons. The molecular formula is C15H21ClN4O. The van der Waals surface area contributed by atoms with Crippen molar-refractivity contribution in [3.05, 3.63) is 36.5 Å². The van der Waals surface area contributed by atoms with Crippen LogP contribution in [0.3, 0.4) is 0 Å². The molecule has 0 saturated carbocycles. The summed E-state index contributed by atoms with van der Waals surface area (Å²) in [4.78, 5) is 12.0. The zero-order chi connectivity index (χ0) is 14.5. The molecule has 0 bridgehead atoms. The fourth-order valence-electron chi connectivity index (χ4n) is 1.89. The van der Waals surface area contributed by atoms with E-state index < -0.39 is 6.04 Å². The summed E-state index contributed by atoms with van der Waals surface area (Å²) in [6, 6.07) is 8.99. The SMILES string of the molecule is CCC(C)C(N)C(=O)Nc1ccc(-c2ccn[nH]2)cc1.Cl. The zero-order valence-corrected chi connectivity index (χ0v) is 13.0. The summed E-state index contributed by atoms with van der Waals surface area (Å²) in [5.74, 6) is 0.0212. The van der Waals surface area contributed by atoms with E-state index >= 15 is 0 Å². The van der Waals surface area contributed by atoms with E-state index in [1.165, 1.54) is 0 Å². The number of H-pyrrole nitrogens is 1. The minimum absolute atomic E-state index is 0. The number of halogens is 1. The molecule has 1 amide bonds. The summed E-state index contributed by atoms with van der Waals surface area (Å²) in [5.41, 5.74) is 8.61. The first-order valence-electron chi connectivity index (χ1n) is 6.78. The predicted octanol–water partition coefficient (Wildman–Crippen LogP) is 2.81. The van der Waals surface area contributed by atoms with Gasteiger partial charge in [0.2, 0.25) is 5.91 Å². The van der Waals surface area contributed by atoms with Crippen LogP contribution in [-0.2, 0) is 4.79 Å². The van der Waals surface area contributed by atoms with E-state index in [2.05, 4.69) is 15.5 Å². The fourth-order valence-corrected chi connectivity index (χ4v) is 1.89. The summed E-state index contributed by atoms with van der Waals surface area (Å²) in [6.07, 6.45) is 2.59. The maximum atomic E-state index is 12.0. The molecule has 6 heteroatoms. The molecule has 0 aliphatic rings. The molecule has 2 unspecified atom stereocenters. The smallest absolute Gasteiger partial charge is 0.241 e. The van der Waals surface area contributed by atoms with Crippen molar-refractivity contribution in [2.75, 3.05) is 5.32 Å². The van der Waals surface area contributed by atoms with Gasteiger partial charge in [-0.2, -0.15) is 5.10 Å². The standard InChI is InChI=1S/C15H20N4O.ClH/c1-3-10(2)14(16)15(20)18-12-6-4-11(5-7-12)13-8-9-17-19-13;/h4-10,14H,3,16H2,1-2H3,(H,17,19)(H,18,20);1H. The van der Waals surface area contributed by atoms with Gasteiger partial charge in [0.25, 0.3) is 0 Å². The Morgan fingerprint density at radius 3 is 2.52 bits per heavy atom. The molecule has 5 nitrogen and oxygen atoms in total. The number of carbonyl (C=O) groups excluding carboxylic acids is 1. The van der Waals surface area contributed by atoms with Gasteiger partial charge < -0.3 is 11.1 Å². The molecule has 2 aromatic rings. The van der Waals surface area contributed by atoms with Crippen molar-refractivity contribution in [3.8, 4) is 11.3 Å². The number of rotatable bonds is 5. The molecule has 0 saturated heterocycles. The van der Waals surface area contributed by atoms with Crippen LogP contribution in [0.25, 0.3) is 11.3 Å². The summed E-state index contributed by atoms with van der Waals surface area (Å²) in [6.45, 7) is 4.00. The molecule has 1 heterocycles. The maximum Gasteiger partial charge on any atom is 0.241 e. The van der Waals surface area contributed by atoms with E-state index in [1.807, 2.05) is 44.2 Å². The van der Waals surface area contributed by atoms with Crippen LogP contribution in [-0.4, -0.2) is 22.1 Å². The van der Waals surface area contributed by atoms with Crippen LogP contribution in [0.15, 0.2) is 36.5 Å². The van der Waals surface area contributed by atoms with E-state index in [4.69, 9.17) is 5.73 Å². The van der Waals surface area contributed by atoms with Gasteiger partial charge in [0, 0.05) is 11.9 Å². The molecule has 114 valence electrons. The molecule has 0 spiro atoms. The highest BCUT2D eigenvalue weighted by Gasteiger charge is 2.19. The number of hydrogen-bond donors (Lipinski definition) is 3. The van der Waals surface area contributed by atoms with Gasteiger partial charge in [0.1, 0.15) is 0 Å². The average Bonchev–Trinajstić information content (AvgIpc) is 3.00. The van der Waals surface area contributed by atoms with Gasteiger partial charge in [-0.1, -0.05) is 32.4 Å². The predicted molar refractivity (Wildman–Crippen MR) is 87.3 cm³/mol. The van der Waals surface area contributed by atoms with Gasteiger partial charge in [-0.15, -0.1) is 12.4 Å². The number of carbonyl (C=O) groups is 1. The first-order valence-corrected chi connectivity index (χ1v) is 6.78. The van der Waals surface area contributed by atoms with Gasteiger partial charge in [-0.05, 0) is 29.7 Å². The number of benzene rings is 1.